The summed E-state index contributed by atoms with van der Waals surface area (Å²) >= 11 is 0. The third kappa shape index (κ3) is 2.24. The molecule has 3 aromatic heterocycles. The second-order valence-electron chi connectivity index (χ2n) is 5.90. The van der Waals surface area contributed by atoms with Crippen LogP contribution in [0.2, 0.25) is 0 Å². The molecule has 0 amide bonds. The molecular formula is C16H15N7O2. The van der Waals surface area contributed by atoms with Crippen LogP contribution in [0.4, 0.5) is 5.69 Å². The van der Waals surface area contributed by atoms with Gasteiger partial charge in [-0.2, -0.15) is 5.10 Å². The smallest absolute Gasteiger partial charge is 0.258 e. The van der Waals surface area contributed by atoms with Gasteiger partial charge in [0.25, 0.3) is 0 Å². The summed E-state index contributed by atoms with van der Waals surface area (Å²) in [4.78, 5) is 19.8. The molecule has 0 spiro atoms. The molecule has 1 aromatic carbocycles. The van der Waals surface area contributed by atoms with Gasteiger partial charge < -0.3 is 0 Å². The average molecular weight is 337 g/mol. The van der Waals surface area contributed by atoms with E-state index < -0.39 is 4.92 Å². The van der Waals surface area contributed by atoms with E-state index in [4.69, 9.17) is 0 Å². The first-order valence-electron chi connectivity index (χ1n) is 7.77. The van der Waals surface area contributed by atoms with Crippen molar-refractivity contribution in [3.8, 4) is 0 Å². The van der Waals surface area contributed by atoms with Gasteiger partial charge in [-0.25, -0.2) is 14.5 Å². The highest BCUT2D eigenvalue weighted by molar-refractivity contribution is 5.90. The molecule has 9 nitrogen and oxygen atoms in total. The van der Waals surface area contributed by atoms with Gasteiger partial charge in [0.15, 0.2) is 11.5 Å². The Balaban J connectivity index is 1.86. The minimum atomic E-state index is -0.407. The lowest BCUT2D eigenvalue weighted by Crippen LogP contribution is -2.12. The number of nitro groups is 1. The van der Waals surface area contributed by atoms with Crippen LogP contribution in [-0.4, -0.2) is 34.3 Å². The lowest BCUT2D eigenvalue weighted by Gasteiger charge is -2.09. The molecule has 0 aliphatic heterocycles. The Morgan fingerprint density at radius 3 is 2.68 bits per heavy atom. The fraction of sp³-hybridized carbons (Fsp3) is 0.250. The van der Waals surface area contributed by atoms with Crippen molar-refractivity contribution >= 4 is 22.2 Å². The van der Waals surface area contributed by atoms with E-state index in [0.717, 1.165) is 10.9 Å². The van der Waals surface area contributed by atoms with Gasteiger partial charge in [0.1, 0.15) is 23.8 Å². The van der Waals surface area contributed by atoms with Gasteiger partial charge in [-0.05, 0) is 32.9 Å². The molecule has 0 fully saturated rings. The fourth-order valence-corrected chi connectivity index (χ4v) is 3.08. The first kappa shape index (κ1) is 15.2. The summed E-state index contributed by atoms with van der Waals surface area (Å²) in [5.41, 5.74) is 2.43. The summed E-state index contributed by atoms with van der Waals surface area (Å²) in [6.07, 6.45) is 1.62. The van der Waals surface area contributed by atoms with E-state index in [1.54, 1.807) is 29.4 Å². The molecule has 0 N–H and O–H groups in total. The van der Waals surface area contributed by atoms with Crippen LogP contribution >= 0.6 is 0 Å². The van der Waals surface area contributed by atoms with E-state index in [1.165, 1.54) is 0 Å². The molecule has 0 saturated heterocycles. The quantitative estimate of drug-likeness (QED) is 0.420. The SMILES string of the molecule is Cc1nn([C@H](C)c2nc3c4ccccc4ncn3n2)c(C)c1[N+](=O)[O-]. The Hall–Kier alpha value is -3.36. The maximum atomic E-state index is 11.2. The minimum absolute atomic E-state index is 0.0303. The van der Waals surface area contributed by atoms with E-state index in [2.05, 4.69) is 20.2 Å². The Labute approximate surface area is 142 Å². The summed E-state index contributed by atoms with van der Waals surface area (Å²) in [6.45, 7) is 5.18. The number of rotatable bonds is 3. The van der Waals surface area contributed by atoms with Gasteiger partial charge in [0, 0.05) is 5.39 Å². The average Bonchev–Trinajstić information content (AvgIpc) is 3.15. The van der Waals surface area contributed by atoms with Gasteiger partial charge in [-0.3, -0.25) is 14.8 Å². The van der Waals surface area contributed by atoms with Crippen molar-refractivity contribution in [3.05, 3.63) is 57.9 Å². The molecule has 0 bridgehead atoms. The number of fused-ring (bicyclic) bond motifs is 3. The molecule has 0 saturated carbocycles. The molecule has 0 radical (unpaired) electrons. The van der Waals surface area contributed by atoms with Gasteiger partial charge in [-0.1, -0.05) is 12.1 Å². The summed E-state index contributed by atoms with van der Waals surface area (Å²) < 4.78 is 3.21. The first-order valence-corrected chi connectivity index (χ1v) is 7.77. The topological polar surface area (TPSA) is 104 Å². The number of nitrogens with zero attached hydrogens (tertiary/aromatic N) is 7. The van der Waals surface area contributed by atoms with Crippen LogP contribution in [0.3, 0.4) is 0 Å². The number of hydrogen-bond acceptors (Lipinski definition) is 6. The molecule has 4 rings (SSSR count). The lowest BCUT2D eigenvalue weighted by molar-refractivity contribution is -0.386. The van der Waals surface area contributed by atoms with Crippen LogP contribution in [-0.2, 0) is 0 Å². The second kappa shape index (κ2) is 5.33. The monoisotopic (exact) mass is 337 g/mol. The normalized spacial score (nSPS) is 12.8. The predicted molar refractivity (Wildman–Crippen MR) is 90.5 cm³/mol. The van der Waals surface area contributed by atoms with Crippen molar-refractivity contribution in [2.24, 2.45) is 0 Å². The lowest BCUT2D eigenvalue weighted by atomic mass is 10.2. The van der Waals surface area contributed by atoms with E-state index in [9.17, 15) is 10.1 Å². The van der Waals surface area contributed by atoms with Crippen LogP contribution in [0, 0.1) is 24.0 Å². The van der Waals surface area contributed by atoms with Crippen molar-refractivity contribution in [1.29, 1.82) is 0 Å². The van der Waals surface area contributed by atoms with Gasteiger partial charge >= 0.3 is 5.69 Å². The molecule has 9 heteroatoms. The Kier molecular flexibility index (Phi) is 3.24. The molecule has 0 aliphatic rings. The van der Waals surface area contributed by atoms with Crippen LogP contribution in [0.15, 0.2) is 30.6 Å². The standard InChI is InChI=1S/C16H15N7O2/c1-9-14(23(24)25)10(2)22(19-9)11(3)15-18-16-12-6-4-5-7-13(12)17-8-21(16)20-15/h4-8,11H,1-3H3/t11-/m1/s1. The van der Waals surface area contributed by atoms with Crippen molar-refractivity contribution < 1.29 is 4.92 Å². The number of aromatic nitrogens is 6. The van der Waals surface area contributed by atoms with E-state index in [1.807, 2.05) is 31.2 Å². The second-order valence-corrected chi connectivity index (χ2v) is 5.90. The third-order valence-corrected chi connectivity index (χ3v) is 4.31. The van der Waals surface area contributed by atoms with Crippen molar-refractivity contribution in [1.82, 2.24) is 29.4 Å². The molecule has 3 heterocycles. The summed E-state index contributed by atoms with van der Waals surface area (Å²) in [7, 11) is 0. The Morgan fingerprint density at radius 1 is 1.20 bits per heavy atom. The third-order valence-electron chi connectivity index (χ3n) is 4.31. The molecule has 4 aromatic rings. The highest BCUT2D eigenvalue weighted by Crippen LogP contribution is 2.27. The fourth-order valence-electron chi connectivity index (χ4n) is 3.08. The molecule has 0 unspecified atom stereocenters. The predicted octanol–water partition coefficient (Wildman–Crippen LogP) is 2.61. The van der Waals surface area contributed by atoms with E-state index >= 15 is 0 Å². The summed E-state index contributed by atoms with van der Waals surface area (Å²) in [5, 5.41) is 20.9. The zero-order chi connectivity index (χ0) is 17.7. The van der Waals surface area contributed by atoms with Gasteiger partial charge in [0.05, 0.1) is 10.4 Å². The minimum Gasteiger partial charge on any atom is -0.258 e. The Morgan fingerprint density at radius 2 is 1.96 bits per heavy atom. The van der Waals surface area contributed by atoms with Crippen LogP contribution in [0.25, 0.3) is 16.6 Å². The van der Waals surface area contributed by atoms with Crippen molar-refractivity contribution in [2.75, 3.05) is 0 Å². The highest BCUT2D eigenvalue weighted by Gasteiger charge is 2.26. The van der Waals surface area contributed by atoms with E-state index in [0.29, 0.717) is 22.9 Å². The number of aryl methyl sites for hydroxylation is 1. The van der Waals surface area contributed by atoms with Crippen LogP contribution in [0.1, 0.15) is 30.2 Å². The largest absolute Gasteiger partial charge is 0.312 e. The first-order chi connectivity index (χ1) is 12.0. The maximum Gasteiger partial charge on any atom is 0.312 e. The Bertz CT molecular complexity index is 1130. The van der Waals surface area contributed by atoms with Crippen molar-refractivity contribution in [2.45, 2.75) is 26.8 Å². The zero-order valence-electron chi connectivity index (χ0n) is 13.9. The molecule has 25 heavy (non-hydrogen) atoms. The van der Waals surface area contributed by atoms with Crippen molar-refractivity contribution in [3.63, 3.8) is 0 Å². The molecule has 126 valence electrons. The summed E-state index contributed by atoms with van der Waals surface area (Å²) in [6, 6.07) is 7.35. The zero-order valence-corrected chi connectivity index (χ0v) is 13.9. The van der Waals surface area contributed by atoms with Gasteiger partial charge in [-0.15, -0.1) is 5.10 Å². The molecule has 1 atom stereocenters. The number of hydrogen-bond donors (Lipinski definition) is 0. The number of para-hydroxylation sites is 1. The highest BCUT2D eigenvalue weighted by atomic mass is 16.6. The molecular weight excluding hydrogens is 322 g/mol. The van der Waals surface area contributed by atoms with Crippen LogP contribution < -0.4 is 0 Å². The number of benzene rings is 1. The molecule has 0 aliphatic carbocycles. The van der Waals surface area contributed by atoms with Crippen LogP contribution in [0.5, 0.6) is 0 Å². The van der Waals surface area contributed by atoms with E-state index in [-0.39, 0.29) is 11.7 Å². The summed E-state index contributed by atoms with van der Waals surface area (Å²) in [5.74, 6) is 0.527. The van der Waals surface area contributed by atoms with Gasteiger partial charge in [0.2, 0.25) is 0 Å². The maximum absolute atomic E-state index is 11.2.